The monoisotopic (exact) mass is 239 g/mol. The summed E-state index contributed by atoms with van der Waals surface area (Å²) >= 11 is 1.74. The summed E-state index contributed by atoms with van der Waals surface area (Å²) in [5, 5.41) is 0.965. The first-order valence-electron chi connectivity index (χ1n) is 5.75. The Morgan fingerprint density at radius 1 is 1.31 bits per heavy atom. The van der Waals surface area contributed by atoms with Crippen LogP contribution in [0.1, 0.15) is 19.5 Å². The van der Waals surface area contributed by atoms with E-state index in [9.17, 15) is 0 Å². The molecule has 0 fully saturated rings. The number of aryl methyl sites for hydroxylation is 1. The van der Waals surface area contributed by atoms with Crippen molar-refractivity contribution in [1.29, 1.82) is 0 Å². The van der Waals surface area contributed by atoms with E-state index >= 15 is 0 Å². The van der Waals surface area contributed by atoms with Crippen molar-refractivity contribution in [1.82, 2.24) is 9.88 Å². The summed E-state index contributed by atoms with van der Waals surface area (Å²) in [7, 11) is 0. The predicted octanol–water partition coefficient (Wildman–Crippen LogP) is 2.41. The molecule has 0 aliphatic rings. The molecule has 0 bridgehead atoms. The number of nitrogen functional groups attached to an aromatic ring is 1. The summed E-state index contributed by atoms with van der Waals surface area (Å²) in [6.07, 6.45) is 0. The normalized spacial score (nSPS) is 11.0. The van der Waals surface area contributed by atoms with Gasteiger partial charge in [-0.25, -0.2) is 4.98 Å². The third-order valence-electron chi connectivity index (χ3n) is 2.57. The molecule has 1 rings (SSSR count). The number of hydrogen-bond acceptors (Lipinski definition) is 4. The molecule has 0 saturated heterocycles. The molecular weight excluding hydrogens is 218 g/mol. The van der Waals surface area contributed by atoms with Crippen LogP contribution < -0.4 is 5.73 Å². The molecule has 0 atom stereocenters. The molecule has 0 radical (unpaired) electrons. The molecule has 0 aliphatic heterocycles. The Hall–Kier alpha value is -0.740. The second kappa shape index (κ2) is 6.76. The van der Waals surface area contributed by atoms with Crippen molar-refractivity contribution in [2.45, 2.75) is 25.8 Å². The van der Waals surface area contributed by atoms with E-state index in [2.05, 4.69) is 23.7 Å². The average Bonchev–Trinajstić information content (AvgIpc) is 2.29. The highest BCUT2D eigenvalue weighted by molar-refractivity contribution is 7.99. The molecule has 0 unspecified atom stereocenters. The van der Waals surface area contributed by atoms with Gasteiger partial charge in [0.2, 0.25) is 0 Å². The Morgan fingerprint density at radius 3 is 2.62 bits per heavy atom. The molecule has 0 aliphatic carbocycles. The zero-order chi connectivity index (χ0) is 12.0. The first-order chi connectivity index (χ1) is 7.67. The molecule has 4 heteroatoms. The molecule has 1 aromatic rings. The number of rotatable bonds is 6. The van der Waals surface area contributed by atoms with Crippen molar-refractivity contribution < 1.29 is 0 Å². The van der Waals surface area contributed by atoms with Gasteiger partial charge in [-0.15, -0.1) is 11.8 Å². The lowest BCUT2D eigenvalue weighted by atomic mass is 10.3. The number of nitrogens with zero attached hydrogens (tertiary/aromatic N) is 2. The number of thioether (sulfide) groups is 1. The van der Waals surface area contributed by atoms with E-state index in [1.807, 2.05) is 19.1 Å². The number of hydrogen-bond donors (Lipinski definition) is 1. The highest BCUT2D eigenvalue weighted by Gasteiger charge is 2.04. The van der Waals surface area contributed by atoms with Crippen LogP contribution in [-0.2, 0) is 0 Å². The van der Waals surface area contributed by atoms with E-state index in [1.54, 1.807) is 11.8 Å². The molecule has 3 nitrogen and oxygen atoms in total. The van der Waals surface area contributed by atoms with Crippen molar-refractivity contribution >= 4 is 17.4 Å². The van der Waals surface area contributed by atoms with E-state index in [1.165, 1.54) is 0 Å². The van der Waals surface area contributed by atoms with Gasteiger partial charge in [-0.05, 0) is 32.1 Å². The highest BCUT2D eigenvalue weighted by atomic mass is 32.2. The molecule has 90 valence electrons. The van der Waals surface area contributed by atoms with E-state index < -0.39 is 0 Å². The Kier molecular flexibility index (Phi) is 5.63. The third kappa shape index (κ3) is 4.02. The highest BCUT2D eigenvalue weighted by Crippen LogP contribution is 2.22. The first kappa shape index (κ1) is 13.3. The Bertz CT molecular complexity index is 324. The summed E-state index contributed by atoms with van der Waals surface area (Å²) in [6, 6.07) is 3.88. The summed E-state index contributed by atoms with van der Waals surface area (Å²) in [6.45, 7) is 9.67. The zero-order valence-corrected chi connectivity index (χ0v) is 11.2. The van der Waals surface area contributed by atoms with Crippen LogP contribution in [0.4, 0.5) is 5.69 Å². The fraction of sp³-hybridized carbons (Fsp3) is 0.583. The maximum atomic E-state index is 5.87. The van der Waals surface area contributed by atoms with Crippen LogP contribution in [0.25, 0.3) is 0 Å². The van der Waals surface area contributed by atoms with Crippen LogP contribution >= 0.6 is 11.8 Å². The predicted molar refractivity (Wildman–Crippen MR) is 71.9 cm³/mol. The van der Waals surface area contributed by atoms with E-state index in [0.29, 0.717) is 0 Å². The fourth-order valence-electron chi connectivity index (χ4n) is 1.47. The molecule has 0 saturated carbocycles. The van der Waals surface area contributed by atoms with Crippen LogP contribution in [-0.4, -0.2) is 35.3 Å². The SMILES string of the molecule is CCN(CC)CCSc1nc(C)ccc1N. The van der Waals surface area contributed by atoms with Gasteiger partial charge in [0.05, 0.1) is 5.69 Å². The van der Waals surface area contributed by atoms with Crippen LogP contribution in [0, 0.1) is 6.92 Å². The number of pyridine rings is 1. The second-order valence-electron chi connectivity index (χ2n) is 3.72. The number of nitrogens with two attached hydrogens (primary N) is 1. The fourth-order valence-corrected chi connectivity index (χ4v) is 2.46. The molecule has 0 spiro atoms. The lowest BCUT2D eigenvalue weighted by molar-refractivity contribution is 0.324. The van der Waals surface area contributed by atoms with Crippen molar-refractivity contribution in [3.63, 3.8) is 0 Å². The van der Waals surface area contributed by atoms with Gasteiger partial charge in [0.15, 0.2) is 0 Å². The Balaban J connectivity index is 2.45. The summed E-state index contributed by atoms with van der Waals surface area (Å²) in [5.74, 6) is 1.04. The summed E-state index contributed by atoms with van der Waals surface area (Å²) in [5.41, 5.74) is 7.69. The van der Waals surface area contributed by atoms with Crippen LogP contribution in [0.5, 0.6) is 0 Å². The van der Waals surface area contributed by atoms with Gasteiger partial charge in [0, 0.05) is 18.0 Å². The lowest BCUT2D eigenvalue weighted by Crippen LogP contribution is -2.25. The second-order valence-corrected chi connectivity index (χ2v) is 4.81. The molecular formula is C12H21N3S. The topological polar surface area (TPSA) is 42.2 Å². The minimum atomic E-state index is 0.787. The van der Waals surface area contributed by atoms with Crippen molar-refractivity contribution in [3.8, 4) is 0 Å². The number of aromatic nitrogens is 1. The standard InChI is InChI=1S/C12H21N3S/c1-4-15(5-2)8-9-16-12-11(13)7-6-10(3)14-12/h6-7H,4-5,8-9,13H2,1-3H3. The van der Waals surface area contributed by atoms with E-state index in [0.717, 1.165) is 41.8 Å². The summed E-state index contributed by atoms with van der Waals surface area (Å²) < 4.78 is 0. The molecule has 1 heterocycles. The van der Waals surface area contributed by atoms with Gasteiger partial charge in [-0.3, -0.25) is 0 Å². The van der Waals surface area contributed by atoms with Gasteiger partial charge in [0.1, 0.15) is 5.03 Å². The molecule has 16 heavy (non-hydrogen) atoms. The third-order valence-corrected chi connectivity index (χ3v) is 3.56. The smallest absolute Gasteiger partial charge is 0.119 e. The Labute approximate surface area is 102 Å². The van der Waals surface area contributed by atoms with Crippen molar-refractivity contribution in [2.24, 2.45) is 0 Å². The minimum Gasteiger partial charge on any atom is -0.397 e. The van der Waals surface area contributed by atoms with Gasteiger partial charge in [0.25, 0.3) is 0 Å². The largest absolute Gasteiger partial charge is 0.397 e. The zero-order valence-electron chi connectivity index (χ0n) is 10.4. The van der Waals surface area contributed by atoms with E-state index in [-0.39, 0.29) is 0 Å². The van der Waals surface area contributed by atoms with E-state index in [4.69, 9.17) is 5.73 Å². The van der Waals surface area contributed by atoms with Crippen LogP contribution in [0.2, 0.25) is 0 Å². The van der Waals surface area contributed by atoms with Crippen molar-refractivity contribution in [3.05, 3.63) is 17.8 Å². The molecule has 1 aromatic heterocycles. The van der Waals surface area contributed by atoms with Gasteiger partial charge in [-0.1, -0.05) is 13.8 Å². The van der Waals surface area contributed by atoms with Crippen LogP contribution in [0.15, 0.2) is 17.2 Å². The average molecular weight is 239 g/mol. The van der Waals surface area contributed by atoms with Crippen molar-refractivity contribution in [2.75, 3.05) is 31.1 Å². The van der Waals surface area contributed by atoms with Gasteiger partial charge < -0.3 is 10.6 Å². The Morgan fingerprint density at radius 2 is 2.00 bits per heavy atom. The maximum absolute atomic E-state index is 5.87. The molecule has 0 amide bonds. The number of anilines is 1. The maximum Gasteiger partial charge on any atom is 0.119 e. The first-order valence-corrected chi connectivity index (χ1v) is 6.74. The molecule has 2 N–H and O–H groups in total. The quantitative estimate of drug-likeness (QED) is 0.774. The van der Waals surface area contributed by atoms with Gasteiger partial charge >= 0.3 is 0 Å². The van der Waals surface area contributed by atoms with Gasteiger partial charge in [-0.2, -0.15) is 0 Å². The lowest BCUT2D eigenvalue weighted by Gasteiger charge is -2.17. The summed E-state index contributed by atoms with van der Waals surface area (Å²) in [4.78, 5) is 6.84. The van der Waals surface area contributed by atoms with Crippen LogP contribution in [0.3, 0.4) is 0 Å². The minimum absolute atomic E-state index is 0.787. The molecule has 0 aromatic carbocycles.